The Balaban J connectivity index is 1.51. The van der Waals surface area contributed by atoms with Gasteiger partial charge in [0, 0.05) is 11.3 Å². The zero-order chi connectivity index (χ0) is 13.8. The zero-order valence-electron chi connectivity index (χ0n) is 11.2. The van der Waals surface area contributed by atoms with Crippen LogP contribution in [-0.4, -0.2) is 16.2 Å². The smallest absolute Gasteiger partial charge is 0.0964 e. The number of aromatic nitrogens is 1. The molecule has 0 aliphatic carbocycles. The monoisotopic (exact) mass is 303 g/mol. The Morgan fingerprint density at radius 3 is 2.85 bits per heavy atom. The van der Waals surface area contributed by atoms with Crippen molar-refractivity contribution in [3.05, 3.63) is 51.7 Å². The second-order valence-corrected chi connectivity index (χ2v) is 7.05. The lowest BCUT2D eigenvalue weighted by Crippen LogP contribution is -2.10. The minimum atomic E-state index is -0.282. The van der Waals surface area contributed by atoms with Crippen LogP contribution in [0.1, 0.15) is 22.7 Å². The van der Waals surface area contributed by atoms with E-state index in [-0.39, 0.29) is 6.10 Å². The topological polar surface area (TPSA) is 33.1 Å². The summed E-state index contributed by atoms with van der Waals surface area (Å²) in [6.45, 7) is 0. The van der Waals surface area contributed by atoms with Gasteiger partial charge < -0.3 is 5.11 Å². The van der Waals surface area contributed by atoms with Gasteiger partial charge in [0.2, 0.25) is 0 Å². The van der Waals surface area contributed by atoms with Crippen LogP contribution < -0.4 is 0 Å². The lowest BCUT2D eigenvalue weighted by molar-refractivity contribution is 0.162. The quantitative estimate of drug-likeness (QED) is 0.737. The number of thiazole rings is 1. The van der Waals surface area contributed by atoms with Crippen molar-refractivity contribution in [2.75, 3.05) is 0 Å². The molecule has 2 heterocycles. The molecule has 0 spiro atoms. The van der Waals surface area contributed by atoms with Crippen LogP contribution in [0.4, 0.5) is 0 Å². The average Bonchev–Trinajstić information content (AvgIpc) is 3.06. The van der Waals surface area contributed by atoms with Crippen LogP contribution in [-0.2, 0) is 12.8 Å². The first-order chi connectivity index (χ1) is 9.81. The SMILES string of the molecule is OC(CCCc1cccs1)Cc1nc2ccccc2s1. The highest BCUT2D eigenvalue weighted by atomic mass is 32.1. The van der Waals surface area contributed by atoms with E-state index in [9.17, 15) is 5.11 Å². The molecule has 3 rings (SSSR count). The van der Waals surface area contributed by atoms with E-state index >= 15 is 0 Å². The molecule has 4 heteroatoms. The molecule has 3 aromatic rings. The third-order valence-corrected chi connectivity index (χ3v) is 5.28. The molecule has 0 aliphatic heterocycles. The van der Waals surface area contributed by atoms with Crippen molar-refractivity contribution in [2.45, 2.75) is 31.8 Å². The number of aryl methyl sites for hydroxylation is 1. The van der Waals surface area contributed by atoms with E-state index in [1.165, 1.54) is 9.58 Å². The third kappa shape index (κ3) is 3.45. The van der Waals surface area contributed by atoms with E-state index in [1.807, 2.05) is 18.2 Å². The molecule has 2 nitrogen and oxygen atoms in total. The van der Waals surface area contributed by atoms with Crippen molar-refractivity contribution < 1.29 is 5.11 Å². The molecule has 0 radical (unpaired) electrons. The Hall–Kier alpha value is -1.23. The first-order valence-electron chi connectivity index (χ1n) is 6.86. The van der Waals surface area contributed by atoms with Gasteiger partial charge in [0.05, 0.1) is 21.3 Å². The molecule has 1 unspecified atom stereocenters. The summed E-state index contributed by atoms with van der Waals surface area (Å²) in [5.41, 5.74) is 1.04. The van der Waals surface area contributed by atoms with Crippen molar-refractivity contribution in [1.29, 1.82) is 0 Å². The maximum absolute atomic E-state index is 10.1. The summed E-state index contributed by atoms with van der Waals surface area (Å²) in [4.78, 5) is 5.97. The first-order valence-corrected chi connectivity index (χ1v) is 8.56. The Morgan fingerprint density at radius 1 is 1.15 bits per heavy atom. The van der Waals surface area contributed by atoms with Gasteiger partial charge in [-0.3, -0.25) is 0 Å². The van der Waals surface area contributed by atoms with E-state index in [2.05, 4.69) is 28.6 Å². The minimum Gasteiger partial charge on any atom is -0.393 e. The van der Waals surface area contributed by atoms with Gasteiger partial charge in [0.15, 0.2) is 0 Å². The number of nitrogens with zero attached hydrogens (tertiary/aromatic N) is 1. The van der Waals surface area contributed by atoms with E-state index in [0.29, 0.717) is 6.42 Å². The van der Waals surface area contributed by atoms with Crippen molar-refractivity contribution in [1.82, 2.24) is 4.98 Å². The van der Waals surface area contributed by atoms with Gasteiger partial charge in [0.25, 0.3) is 0 Å². The number of benzene rings is 1. The summed E-state index contributed by atoms with van der Waals surface area (Å²) in [6, 6.07) is 12.4. The standard InChI is InChI=1S/C16H17NOS2/c18-12(5-3-6-13-7-4-10-19-13)11-16-17-14-8-1-2-9-15(14)20-16/h1-2,4,7-10,12,18H,3,5-6,11H2. The van der Waals surface area contributed by atoms with Crippen LogP contribution in [0.2, 0.25) is 0 Å². The molecule has 0 bridgehead atoms. The number of fused-ring (bicyclic) bond motifs is 1. The van der Waals surface area contributed by atoms with Crippen molar-refractivity contribution >= 4 is 32.9 Å². The van der Waals surface area contributed by atoms with Gasteiger partial charge in [-0.15, -0.1) is 22.7 Å². The molecule has 2 aromatic heterocycles. The van der Waals surface area contributed by atoms with Crippen molar-refractivity contribution in [3.63, 3.8) is 0 Å². The Morgan fingerprint density at radius 2 is 2.05 bits per heavy atom. The lowest BCUT2D eigenvalue weighted by atomic mass is 10.1. The summed E-state index contributed by atoms with van der Waals surface area (Å²) in [5, 5.41) is 13.3. The molecule has 1 aromatic carbocycles. The molecular weight excluding hydrogens is 286 g/mol. The van der Waals surface area contributed by atoms with Crippen LogP contribution >= 0.6 is 22.7 Å². The van der Waals surface area contributed by atoms with E-state index in [4.69, 9.17) is 0 Å². The van der Waals surface area contributed by atoms with E-state index in [0.717, 1.165) is 29.8 Å². The number of rotatable bonds is 6. The maximum Gasteiger partial charge on any atom is 0.0964 e. The summed E-state index contributed by atoms with van der Waals surface area (Å²) in [7, 11) is 0. The summed E-state index contributed by atoms with van der Waals surface area (Å²) in [5.74, 6) is 0. The van der Waals surface area contributed by atoms with Crippen molar-refractivity contribution in [3.8, 4) is 0 Å². The molecule has 20 heavy (non-hydrogen) atoms. The molecule has 0 saturated heterocycles. The highest BCUT2D eigenvalue weighted by Crippen LogP contribution is 2.23. The van der Waals surface area contributed by atoms with Gasteiger partial charge in [-0.1, -0.05) is 18.2 Å². The molecule has 0 amide bonds. The molecule has 1 atom stereocenters. The minimum absolute atomic E-state index is 0.282. The van der Waals surface area contributed by atoms with Crippen LogP contribution in [0.15, 0.2) is 41.8 Å². The Bertz CT molecular complexity index is 627. The van der Waals surface area contributed by atoms with Gasteiger partial charge >= 0.3 is 0 Å². The van der Waals surface area contributed by atoms with Gasteiger partial charge in [-0.05, 0) is 42.8 Å². The molecule has 1 N–H and O–H groups in total. The van der Waals surface area contributed by atoms with Crippen LogP contribution in [0, 0.1) is 0 Å². The normalized spacial score (nSPS) is 12.8. The number of aliphatic hydroxyl groups excluding tert-OH is 1. The number of hydrogen-bond acceptors (Lipinski definition) is 4. The van der Waals surface area contributed by atoms with Crippen LogP contribution in [0.5, 0.6) is 0 Å². The fourth-order valence-corrected chi connectivity index (χ4v) is 4.07. The number of para-hydroxylation sites is 1. The van der Waals surface area contributed by atoms with Crippen LogP contribution in [0.25, 0.3) is 10.2 Å². The molecular formula is C16H17NOS2. The van der Waals surface area contributed by atoms with E-state index < -0.39 is 0 Å². The predicted molar refractivity (Wildman–Crippen MR) is 86.6 cm³/mol. The molecule has 0 aliphatic rings. The zero-order valence-corrected chi connectivity index (χ0v) is 12.8. The number of aliphatic hydroxyl groups is 1. The van der Waals surface area contributed by atoms with E-state index in [1.54, 1.807) is 22.7 Å². The summed E-state index contributed by atoms with van der Waals surface area (Å²) < 4.78 is 1.20. The summed E-state index contributed by atoms with van der Waals surface area (Å²) in [6.07, 6.45) is 3.33. The second kappa shape index (κ2) is 6.48. The average molecular weight is 303 g/mol. The van der Waals surface area contributed by atoms with Gasteiger partial charge in [0.1, 0.15) is 0 Å². The lowest BCUT2D eigenvalue weighted by Gasteiger charge is -2.07. The van der Waals surface area contributed by atoms with Gasteiger partial charge in [-0.25, -0.2) is 4.98 Å². The first kappa shape index (κ1) is 13.7. The Kier molecular flexibility index (Phi) is 4.45. The second-order valence-electron chi connectivity index (χ2n) is 4.90. The number of hydrogen-bond donors (Lipinski definition) is 1. The van der Waals surface area contributed by atoms with Gasteiger partial charge in [-0.2, -0.15) is 0 Å². The van der Waals surface area contributed by atoms with Crippen LogP contribution in [0.3, 0.4) is 0 Å². The van der Waals surface area contributed by atoms with Crippen molar-refractivity contribution in [2.24, 2.45) is 0 Å². The molecule has 0 fully saturated rings. The predicted octanol–water partition coefficient (Wildman–Crippen LogP) is 4.28. The molecule has 0 saturated carbocycles. The Labute approximate surface area is 126 Å². The fourth-order valence-electron chi connectivity index (χ4n) is 2.28. The fraction of sp³-hybridized carbons (Fsp3) is 0.312. The maximum atomic E-state index is 10.1. The summed E-state index contributed by atoms with van der Waals surface area (Å²) >= 11 is 3.48. The highest BCUT2D eigenvalue weighted by Gasteiger charge is 2.10. The largest absolute Gasteiger partial charge is 0.393 e. The highest BCUT2D eigenvalue weighted by molar-refractivity contribution is 7.18. The number of thiophene rings is 1. The molecule has 104 valence electrons. The third-order valence-electron chi connectivity index (χ3n) is 3.29.